The Balaban J connectivity index is 1.88. The SMILES string of the molecule is CN(C)CCNC(=O)[C@]1(C)CCC[C@]2(C)c3cc(O)ccc3CC[C@@H]12. The van der Waals surface area contributed by atoms with Crippen molar-refractivity contribution in [3.8, 4) is 5.75 Å². The zero-order valence-electron chi connectivity index (χ0n) is 16.1. The van der Waals surface area contributed by atoms with Gasteiger partial charge in [0.1, 0.15) is 5.75 Å². The molecule has 0 heterocycles. The van der Waals surface area contributed by atoms with Crippen LogP contribution in [-0.2, 0) is 16.6 Å². The van der Waals surface area contributed by atoms with E-state index in [9.17, 15) is 9.90 Å². The summed E-state index contributed by atoms with van der Waals surface area (Å²) >= 11 is 0. The van der Waals surface area contributed by atoms with Gasteiger partial charge in [0, 0.05) is 13.1 Å². The van der Waals surface area contributed by atoms with E-state index in [0.717, 1.165) is 38.6 Å². The fourth-order valence-electron chi connectivity index (χ4n) is 5.31. The van der Waals surface area contributed by atoms with Crippen LogP contribution < -0.4 is 5.32 Å². The normalized spacial score (nSPS) is 31.3. The number of phenols is 1. The number of hydrogen-bond acceptors (Lipinski definition) is 3. The summed E-state index contributed by atoms with van der Waals surface area (Å²) in [5.41, 5.74) is 2.24. The second-order valence-corrected chi connectivity index (χ2v) is 8.68. The Labute approximate surface area is 151 Å². The molecule has 3 atom stereocenters. The molecule has 0 aromatic heterocycles. The van der Waals surface area contributed by atoms with Crippen LogP contribution in [0.2, 0.25) is 0 Å². The largest absolute Gasteiger partial charge is 0.508 e. The Kier molecular flexibility index (Phi) is 4.84. The lowest BCUT2D eigenvalue weighted by molar-refractivity contribution is -0.139. The molecule has 0 aliphatic heterocycles. The molecule has 1 aromatic rings. The standard InChI is InChI=1S/C21H32N2O2/c1-20-10-5-11-21(2,19(25)22-12-13-23(3)4)18(20)9-7-15-6-8-16(24)14-17(15)20/h6,8,14,18,24H,5,7,9-13H2,1-4H3,(H,22,25)/t18-,20-,21-/m1/s1. The highest BCUT2D eigenvalue weighted by molar-refractivity contribution is 5.83. The Hall–Kier alpha value is -1.55. The van der Waals surface area contributed by atoms with E-state index in [2.05, 4.69) is 30.1 Å². The number of hydrogen-bond donors (Lipinski definition) is 2. The van der Waals surface area contributed by atoms with Crippen LogP contribution in [0.1, 0.15) is 50.7 Å². The van der Waals surface area contributed by atoms with Gasteiger partial charge in [-0.1, -0.05) is 26.3 Å². The predicted octanol–water partition coefficient (Wildman–Crippen LogP) is 3.08. The van der Waals surface area contributed by atoms with Crippen molar-refractivity contribution in [1.29, 1.82) is 0 Å². The number of carbonyl (C=O) groups is 1. The van der Waals surface area contributed by atoms with Gasteiger partial charge in [-0.2, -0.15) is 0 Å². The van der Waals surface area contributed by atoms with Gasteiger partial charge >= 0.3 is 0 Å². The van der Waals surface area contributed by atoms with E-state index >= 15 is 0 Å². The molecule has 138 valence electrons. The van der Waals surface area contributed by atoms with Crippen molar-refractivity contribution in [3.63, 3.8) is 0 Å². The summed E-state index contributed by atoms with van der Waals surface area (Å²) in [7, 11) is 4.05. The summed E-state index contributed by atoms with van der Waals surface area (Å²) in [6, 6.07) is 5.80. The van der Waals surface area contributed by atoms with Gasteiger partial charge in [-0.05, 0) is 74.4 Å². The molecule has 1 saturated carbocycles. The van der Waals surface area contributed by atoms with Crippen molar-refractivity contribution in [1.82, 2.24) is 10.2 Å². The van der Waals surface area contributed by atoms with E-state index in [1.807, 2.05) is 20.2 Å². The molecule has 0 spiro atoms. The van der Waals surface area contributed by atoms with Gasteiger partial charge in [-0.15, -0.1) is 0 Å². The molecule has 0 bridgehead atoms. The van der Waals surface area contributed by atoms with Crippen molar-refractivity contribution in [2.75, 3.05) is 27.2 Å². The molecule has 2 aliphatic carbocycles. The van der Waals surface area contributed by atoms with Gasteiger partial charge in [0.25, 0.3) is 0 Å². The third kappa shape index (κ3) is 3.17. The van der Waals surface area contributed by atoms with Gasteiger partial charge in [0.15, 0.2) is 0 Å². The second-order valence-electron chi connectivity index (χ2n) is 8.68. The quantitative estimate of drug-likeness (QED) is 0.882. The lowest BCUT2D eigenvalue weighted by atomic mass is 9.49. The zero-order chi connectivity index (χ0) is 18.2. The third-order valence-corrected chi connectivity index (χ3v) is 6.70. The zero-order valence-corrected chi connectivity index (χ0v) is 16.1. The molecule has 2 aliphatic rings. The van der Waals surface area contributed by atoms with Crippen LogP contribution in [-0.4, -0.2) is 43.1 Å². The minimum absolute atomic E-state index is 0.0296. The highest BCUT2D eigenvalue weighted by Gasteiger charge is 2.54. The Morgan fingerprint density at radius 2 is 2.08 bits per heavy atom. The van der Waals surface area contributed by atoms with Gasteiger partial charge < -0.3 is 15.3 Å². The molecule has 1 amide bonds. The maximum atomic E-state index is 13.1. The summed E-state index contributed by atoms with van der Waals surface area (Å²) in [6.07, 6.45) is 5.14. The van der Waals surface area contributed by atoms with E-state index in [4.69, 9.17) is 0 Å². The highest BCUT2D eigenvalue weighted by atomic mass is 16.3. The highest BCUT2D eigenvalue weighted by Crippen LogP contribution is 2.57. The molecule has 2 N–H and O–H groups in total. The first-order valence-corrected chi connectivity index (χ1v) is 9.53. The summed E-state index contributed by atoms with van der Waals surface area (Å²) in [4.78, 5) is 15.2. The minimum atomic E-state index is -0.331. The van der Waals surface area contributed by atoms with Crippen molar-refractivity contribution in [2.45, 2.75) is 51.4 Å². The summed E-state index contributed by atoms with van der Waals surface area (Å²) in [5, 5.41) is 13.2. The van der Waals surface area contributed by atoms with Crippen molar-refractivity contribution in [2.24, 2.45) is 11.3 Å². The molecule has 0 unspecified atom stereocenters. The van der Waals surface area contributed by atoms with Crippen LogP contribution in [0.4, 0.5) is 0 Å². The van der Waals surface area contributed by atoms with Crippen LogP contribution >= 0.6 is 0 Å². The maximum absolute atomic E-state index is 13.1. The van der Waals surface area contributed by atoms with Crippen molar-refractivity contribution >= 4 is 5.91 Å². The number of rotatable bonds is 4. The summed E-state index contributed by atoms with van der Waals surface area (Å²) in [6.45, 7) is 6.02. The molecule has 4 heteroatoms. The first-order valence-electron chi connectivity index (χ1n) is 9.53. The number of aromatic hydroxyl groups is 1. The van der Waals surface area contributed by atoms with Crippen LogP contribution in [0, 0.1) is 11.3 Å². The van der Waals surface area contributed by atoms with Gasteiger partial charge in [0.05, 0.1) is 5.41 Å². The molecular formula is C21H32N2O2. The molecule has 1 fully saturated rings. The number of phenolic OH excluding ortho intramolecular Hbond substituents is 1. The van der Waals surface area contributed by atoms with Gasteiger partial charge in [0.2, 0.25) is 5.91 Å². The molecule has 1 aromatic carbocycles. The van der Waals surface area contributed by atoms with Gasteiger partial charge in [-0.25, -0.2) is 0 Å². The number of amides is 1. The van der Waals surface area contributed by atoms with Crippen molar-refractivity contribution in [3.05, 3.63) is 29.3 Å². The lowest BCUT2D eigenvalue weighted by Gasteiger charge is -2.54. The summed E-state index contributed by atoms with van der Waals surface area (Å²) in [5.74, 6) is 0.861. The number of nitrogens with one attached hydrogen (secondary N) is 1. The number of carbonyl (C=O) groups excluding carboxylic acids is 1. The average Bonchev–Trinajstić information content (AvgIpc) is 2.54. The third-order valence-electron chi connectivity index (χ3n) is 6.70. The smallest absolute Gasteiger partial charge is 0.226 e. The van der Waals surface area contributed by atoms with E-state index < -0.39 is 0 Å². The molecule has 4 nitrogen and oxygen atoms in total. The van der Waals surface area contributed by atoms with E-state index in [1.54, 1.807) is 6.07 Å². The summed E-state index contributed by atoms with van der Waals surface area (Å²) < 4.78 is 0. The van der Waals surface area contributed by atoms with E-state index in [1.165, 1.54) is 11.1 Å². The Morgan fingerprint density at radius 1 is 1.32 bits per heavy atom. The van der Waals surface area contributed by atoms with Crippen LogP contribution in [0.25, 0.3) is 0 Å². The Bertz CT molecular complexity index is 657. The second kappa shape index (κ2) is 6.64. The Morgan fingerprint density at radius 3 is 2.80 bits per heavy atom. The average molecular weight is 344 g/mol. The number of benzene rings is 1. The number of nitrogens with zero attached hydrogens (tertiary/aromatic N) is 1. The molecule has 0 radical (unpaired) electrons. The topological polar surface area (TPSA) is 52.6 Å². The molecule has 3 rings (SSSR count). The lowest BCUT2D eigenvalue weighted by Crippen LogP contribution is -2.55. The fraction of sp³-hybridized carbons (Fsp3) is 0.667. The first-order chi connectivity index (χ1) is 11.8. The van der Waals surface area contributed by atoms with Crippen LogP contribution in [0.5, 0.6) is 5.75 Å². The van der Waals surface area contributed by atoms with Crippen LogP contribution in [0.3, 0.4) is 0 Å². The number of likely N-dealkylation sites (N-methyl/N-ethyl adjacent to an activating group) is 1. The van der Waals surface area contributed by atoms with Crippen LogP contribution in [0.15, 0.2) is 18.2 Å². The number of aryl methyl sites for hydroxylation is 1. The van der Waals surface area contributed by atoms with E-state index in [-0.39, 0.29) is 16.7 Å². The fourth-order valence-corrected chi connectivity index (χ4v) is 5.31. The minimum Gasteiger partial charge on any atom is -0.508 e. The molecule has 25 heavy (non-hydrogen) atoms. The van der Waals surface area contributed by atoms with Gasteiger partial charge in [-0.3, -0.25) is 4.79 Å². The monoisotopic (exact) mass is 344 g/mol. The predicted molar refractivity (Wildman–Crippen MR) is 101 cm³/mol. The van der Waals surface area contributed by atoms with E-state index in [0.29, 0.717) is 18.2 Å². The number of fused-ring (bicyclic) bond motifs is 3. The first kappa shape index (κ1) is 18.2. The maximum Gasteiger partial charge on any atom is 0.226 e. The molecular weight excluding hydrogens is 312 g/mol. The molecule has 0 saturated heterocycles. The van der Waals surface area contributed by atoms with Crippen molar-refractivity contribution < 1.29 is 9.90 Å².